The van der Waals surface area contributed by atoms with Crippen LogP contribution in [0.1, 0.15) is 19.3 Å². The molecule has 0 aromatic carbocycles. The molecule has 8 heteroatoms. The van der Waals surface area contributed by atoms with Crippen LogP contribution in [0.15, 0.2) is 0 Å². The first-order valence-corrected chi connectivity index (χ1v) is 9.53. The van der Waals surface area contributed by atoms with E-state index in [2.05, 4.69) is 5.32 Å². The lowest BCUT2D eigenvalue weighted by atomic mass is 10.2. The quantitative estimate of drug-likeness (QED) is 0.736. The number of hydrogen-bond donors (Lipinski definition) is 1. The van der Waals surface area contributed by atoms with Crippen molar-refractivity contribution in [1.82, 2.24) is 9.62 Å². The van der Waals surface area contributed by atoms with E-state index in [0.29, 0.717) is 6.54 Å². The summed E-state index contributed by atoms with van der Waals surface area (Å²) in [5.41, 5.74) is 0. The van der Waals surface area contributed by atoms with E-state index in [1.807, 2.05) is 0 Å². The van der Waals surface area contributed by atoms with Gasteiger partial charge in [0.05, 0.1) is 16.8 Å². The molecule has 0 spiro atoms. The van der Waals surface area contributed by atoms with E-state index in [9.17, 15) is 16.8 Å². The molecular formula is C10H20N2O4S2. The zero-order valence-electron chi connectivity index (χ0n) is 10.5. The molecule has 2 rings (SSSR count). The second-order valence-electron chi connectivity index (χ2n) is 5.06. The van der Waals surface area contributed by atoms with Crippen LogP contribution in [0.25, 0.3) is 0 Å². The molecule has 0 saturated carbocycles. The first kappa shape index (κ1) is 14.2. The number of sulfone groups is 1. The largest absolute Gasteiger partial charge is 0.315 e. The first-order valence-electron chi connectivity index (χ1n) is 6.21. The molecule has 6 nitrogen and oxygen atoms in total. The van der Waals surface area contributed by atoms with E-state index in [4.69, 9.17) is 0 Å². The van der Waals surface area contributed by atoms with Gasteiger partial charge in [0, 0.05) is 19.6 Å². The summed E-state index contributed by atoms with van der Waals surface area (Å²) >= 11 is 0. The Bertz CT molecular complexity index is 480. The minimum Gasteiger partial charge on any atom is -0.315 e. The van der Waals surface area contributed by atoms with Gasteiger partial charge in [-0.05, 0) is 25.8 Å². The molecule has 106 valence electrons. The van der Waals surface area contributed by atoms with Gasteiger partial charge in [-0.1, -0.05) is 0 Å². The minimum absolute atomic E-state index is 0.00630. The maximum atomic E-state index is 12.4. The fourth-order valence-corrected chi connectivity index (χ4v) is 6.25. The summed E-state index contributed by atoms with van der Waals surface area (Å²) in [6.07, 6.45) is 1.28. The predicted molar refractivity (Wildman–Crippen MR) is 69.6 cm³/mol. The highest BCUT2D eigenvalue weighted by Gasteiger charge is 2.38. The number of nitrogens with one attached hydrogen (secondary N) is 1. The van der Waals surface area contributed by atoms with E-state index < -0.39 is 25.1 Å². The second kappa shape index (κ2) is 5.07. The second-order valence-corrected chi connectivity index (χ2v) is 9.64. The SMILES string of the molecule is CN(C1CCNC1)S(=O)(=O)C1CCS(=O)(=O)CC1. The van der Waals surface area contributed by atoms with Gasteiger partial charge in [0.2, 0.25) is 10.0 Å². The van der Waals surface area contributed by atoms with Gasteiger partial charge >= 0.3 is 0 Å². The molecule has 0 aromatic heterocycles. The van der Waals surface area contributed by atoms with Crippen molar-refractivity contribution >= 4 is 19.9 Å². The molecule has 1 atom stereocenters. The highest BCUT2D eigenvalue weighted by atomic mass is 32.2. The smallest absolute Gasteiger partial charge is 0.217 e. The van der Waals surface area contributed by atoms with Crippen molar-refractivity contribution in [3.05, 3.63) is 0 Å². The summed E-state index contributed by atoms with van der Waals surface area (Å²) in [6, 6.07) is 0.00790. The number of rotatable bonds is 3. The lowest BCUT2D eigenvalue weighted by Gasteiger charge is -2.30. The fourth-order valence-electron chi connectivity index (χ4n) is 2.56. The molecule has 0 aliphatic carbocycles. The Kier molecular flexibility index (Phi) is 4.01. The highest BCUT2D eigenvalue weighted by molar-refractivity contribution is 7.92. The number of sulfonamides is 1. The van der Waals surface area contributed by atoms with Crippen LogP contribution in [0.5, 0.6) is 0 Å². The molecule has 0 bridgehead atoms. The summed E-state index contributed by atoms with van der Waals surface area (Å²) in [5.74, 6) is -0.0126. The molecular weight excluding hydrogens is 276 g/mol. The van der Waals surface area contributed by atoms with Crippen molar-refractivity contribution in [1.29, 1.82) is 0 Å². The molecule has 0 aromatic rings. The predicted octanol–water partition coefficient (Wildman–Crippen LogP) is -0.813. The average Bonchev–Trinajstić information content (AvgIpc) is 2.80. The highest BCUT2D eigenvalue weighted by Crippen LogP contribution is 2.24. The van der Waals surface area contributed by atoms with E-state index in [-0.39, 0.29) is 30.4 Å². The maximum Gasteiger partial charge on any atom is 0.217 e. The number of nitrogens with zero attached hydrogens (tertiary/aromatic N) is 1. The van der Waals surface area contributed by atoms with Crippen LogP contribution in [0, 0.1) is 0 Å². The van der Waals surface area contributed by atoms with Crippen LogP contribution >= 0.6 is 0 Å². The molecule has 0 amide bonds. The molecule has 18 heavy (non-hydrogen) atoms. The minimum atomic E-state index is -3.37. The maximum absolute atomic E-state index is 12.4. The van der Waals surface area contributed by atoms with Gasteiger partial charge in [0.15, 0.2) is 0 Å². The zero-order valence-corrected chi connectivity index (χ0v) is 12.1. The van der Waals surface area contributed by atoms with Crippen LogP contribution in [-0.4, -0.2) is 64.1 Å². The van der Waals surface area contributed by atoms with Crippen molar-refractivity contribution in [2.75, 3.05) is 31.6 Å². The Morgan fingerprint density at radius 2 is 1.78 bits per heavy atom. The Hall–Kier alpha value is -0.180. The number of likely N-dealkylation sites (N-methyl/N-ethyl adjacent to an activating group) is 1. The van der Waals surface area contributed by atoms with Crippen LogP contribution in [0.3, 0.4) is 0 Å². The topological polar surface area (TPSA) is 83.6 Å². The van der Waals surface area contributed by atoms with Gasteiger partial charge in [-0.15, -0.1) is 0 Å². The fraction of sp³-hybridized carbons (Fsp3) is 1.00. The van der Waals surface area contributed by atoms with E-state index in [1.165, 1.54) is 4.31 Å². The number of hydrogen-bond acceptors (Lipinski definition) is 5. The monoisotopic (exact) mass is 296 g/mol. The van der Waals surface area contributed by atoms with Crippen molar-refractivity contribution in [3.8, 4) is 0 Å². The third kappa shape index (κ3) is 2.87. The first-order chi connectivity index (χ1) is 8.33. The lowest BCUT2D eigenvalue weighted by Crippen LogP contribution is -2.45. The van der Waals surface area contributed by atoms with Crippen LogP contribution < -0.4 is 5.32 Å². The normalized spacial score (nSPS) is 29.8. The van der Waals surface area contributed by atoms with Crippen LogP contribution in [-0.2, 0) is 19.9 Å². The molecule has 2 saturated heterocycles. The Morgan fingerprint density at radius 3 is 2.28 bits per heavy atom. The Morgan fingerprint density at radius 1 is 1.17 bits per heavy atom. The summed E-state index contributed by atoms with van der Waals surface area (Å²) < 4.78 is 48.9. The van der Waals surface area contributed by atoms with Crippen molar-refractivity contribution in [2.45, 2.75) is 30.6 Å². The summed E-state index contributed by atoms with van der Waals surface area (Å²) in [5, 5.41) is 2.60. The third-order valence-corrected chi connectivity index (χ3v) is 8.00. The molecule has 0 radical (unpaired) electrons. The summed E-state index contributed by atoms with van der Waals surface area (Å²) in [6.45, 7) is 1.52. The molecule has 2 aliphatic heterocycles. The molecule has 2 fully saturated rings. The third-order valence-electron chi connectivity index (χ3n) is 3.87. The van der Waals surface area contributed by atoms with Crippen molar-refractivity contribution < 1.29 is 16.8 Å². The van der Waals surface area contributed by atoms with Gasteiger partial charge in [-0.3, -0.25) is 0 Å². The zero-order chi connectivity index (χ0) is 13.4. The summed E-state index contributed by atoms with van der Waals surface area (Å²) in [7, 11) is -4.78. The van der Waals surface area contributed by atoms with Crippen LogP contribution in [0.2, 0.25) is 0 Å². The summed E-state index contributed by atoms with van der Waals surface area (Å²) in [4.78, 5) is 0. The van der Waals surface area contributed by atoms with Crippen molar-refractivity contribution in [2.24, 2.45) is 0 Å². The Labute approximate surface area is 109 Å². The Balaban J connectivity index is 2.07. The molecule has 2 heterocycles. The molecule has 1 unspecified atom stereocenters. The average molecular weight is 296 g/mol. The molecule has 1 N–H and O–H groups in total. The van der Waals surface area contributed by atoms with Gasteiger partial charge in [0.25, 0.3) is 0 Å². The van der Waals surface area contributed by atoms with Gasteiger partial charge in [-0.25, -0.2) is 21.1 Å². The van der Waals surface area contributed by atoms with E-state index in [1.54, 1.807) is 7.05 Å². The van der Waals surface area contributed by atoms with Gasteiger partial charge < -0.3 is 5.32 Å². The lowest BCUT2D eigenvalue weighted by molar-refractivity contribution is 0.378. The van der Waals surface area contributed by atoms with E-state index in [0.717, 1.165) is 13.0 Å². The van der Waals surface area contributed by atoms with Crippen molar-refractivity contribution in [3.63, 3.8) is 0 Å². The standard InChI is InChI=1S/C10H20N2O4S2/c1-12(9-2-5-11-8-9)18(15,16)10-3-6-17(13,14)7-4-10/h9-11H,2-8H2,1H3. The van der Waals surface area contributed by atoms with E-state index >= 15 is 0 Å². The van der Waals surface area contributed by atoms with Gasteiger partial charge in [0.1, 0.15) is 9.84 Å². The molecule has 2 aliphatic rings. The van der Waals surface area contributed by atoms with Crippen LogP contribution in [0.4, 0.5) is 0 Å². The van der Waals surface area contributed by atoms with Gasteiger partial charge in [-0.2, -0.15) is 0 Å².